The zero-order valence-corrected chi connectivity index (χ0v) is 12.2. The monoisotopic (exact) mass is 300 g/mol. The molecule has 2 amide bonds. The Morgan fingerprint density at radius 2 is 1.91 bits per heavy atom. The molecule has 0 radical (unpaired) electrons. The van der Waals surface area contributed by atoms with Crippen LogP contribution in [0.25, 0.3) is 6.08 Å². The SMILES string of the molecule is CCOc1ccccc1NC(=O)N/C=C/c1ccc(F)cc1. The van der Waals surface area contributed by atoms with E-state index in [1.807, 2.05) is 19.1 Å². The second kappa shape index (κ2) is 7.83. The van der Waals surface area contributed by atoms with Crippen LogP contribution in [0.1, 0.15) is 12.5 Å². The molecule has 2 aromatic rings. The standard InChI is InChI=1S/C17H17FN2O2/c1-2-22-16-6-4-3-5-15(16)20-17(21)19-12-11-13-7-9-14(18)10-8-13/h3-12H,2H2,1H3,(H2,19,20,21)/b12-11+. The molecular weight excluding hydrogens is 283 g/mol. The summed E-state index contributed by atoms with van der Waals surface area (Å²) >= 11 is 0. The minimum Gasteiger partial charge on any atom is -0.492 e. The van der Waals surface area contributed by atoms with Crippen LogP contribution >= 0.6 is 0 Å². The van der Waals surface area contributed by atoms with Crippen molar-refractivity contribution in [1.82, 2.24) is 5.32 Å². The fourth-order valence-corrected chi connectivity index (χ4v) is 1.80. The van der Waals surface area contributed by atoms with Crippen molar-refractivity contribution in [2.45, 2.75) is 6.92 Å². The van der Waals surface area contributed by atoms with Crippen LogP contribution in [-0.2, 0) is 0 Å². The number of para-hydroxylation sites is 2. The highest BCUT2D eigenvalue weighted by atomic mass is 19.1. The number of rotatable bonds is 5. The summed E-state index contributed by atoms with van der Waals surface area (Å²) in [5.74, 6) is 0.318. The molecule has 2 rings (SSSR count). The van der Waals surface area contributed by atoms with E-state index in [-0.39, 0.29) is 11.8 Å². The number of nitrogens with one attached hydrogen (secondary N) is 2. The van der Waals surface area contributed by atoms with E-state index in [2.05, 4.69) is 10.6 Å². The molecule has 2 aromatic carbocycles. The van der Waals surface area contributed by atoms with E-state index < -0.39 is 0 Å². The predicted octanol–water partition coefficient (Wildman–Crippen LogP) is 4.02. The Hall–Kier alpha value is -2.82. The Labute approximate surface area is 128 Å². The van der Waals surface area contributed by atoms with Crippen LogP contribution in [0.5, 0.6) is 5.75 Å². The molecule has 0 aliphatic heterocycles. The summed E-state index contributed by atoms with van der Waals surface area (Å²) < 4.78 is 18.2. The summed E-state index contributed by atoms with van der Waals surface area (Å²) in [6.45, 7) is 2.40. The molecule has 0 unspecified atom stereocenters. The summed E-state index contributed by atoms with van der Waals surface area (Å²) in [4.78, 5) is 11.8. The van der Waals surface area contributed by atoms with Gasteiger partial charge in [0.2, 0.25) is 0 Å². The van der Waals surface area contributed by atoms with Crippen molar-refractivity contribution in [2.75, 3.05) is 11.9 Å². The zero-order valence-electron chi connectivity index (χ0n) is 12.2. The van der Waals surface area contributed by atoms with E-state index in [0.717, 1.165) is 5.56 Å². The Bertz CT molecular complexity index is 654. The van der Waals surface area contributed by atoms with Gasteiger partial charge in [0.05, 0.1) is 12.3 Å². The Kier molecular flexibility index (Phi) is 5.54. The number of amides is 2. The lowest BCUT2D eigenvalue weighted by atomic mass is 10.2. The number of hydrogen-bond donors (Lipinski definition) is 2. The molecule has 0 spiro atoms. The lowest BCUT2D eigenvalue weighted by molar-refractivity contribution is 0.255. The first-order valence-electron chi connectivity index (χ1n) is 6.90. The van der Waals surface area contributed by atoms with E-state index in [4.69, 9.17) is 4.74 Å². The number of carbonyl (C=O) groups excluding carboxylic acids is 1. The number of hydrogen-bond acceptors (Lipinski definition) is 2. The molecule has 22 heavy (non-hydrogen) atoms. The van der Waals surface area contributed by atoms with Gasteiger partial charge in [-0.1, -0.05) is 24.3 Å². The highest BCUT2D eigenvalue weighted by Gasteiger charge is 2.05. The summed E-state index contributed by atoms with van der Waals surface area (Å²) in [5.41, 5.74) is 1.38. The van der Waals surface area contributed by atoms with Crippen LogP contribution in [0.4, 0.5) is 14.9 Å². The van der Waals surface area contributed by atoms with Gasteiger partial charge in [-0.15, -0.1) is 0 Å². The van der Waals surface area contributed by atoms with E-state index in [0.29, 0.717) is 18.0 Å². The number of benzene rings is 2. The van der Waals surface area contributed by atoms with E-state index in [1.54, 1.807) is 30.3 Å². The summed E-state index contributed by atoms with van der Waals surface area (Å²) in [7, 11) is 0. The number of halogens is 1. The molecule has 0 fully saturated rings. The van der Waals surface area contributed by atoms with Crippen molar-refractivity contribution in [2.24, 2.45) is 0 Å². The van der Waals surface area contributed by atoms with Crippen molar-refractivity contribution >= 4 is 17.8 Å². The zero-order chi connectivity index (χ0) is 15.8. The Morgan fingerprint density at radius 1 is 1.18 bits per heavy atom. The second-order valence-electron chi connectivity index (χ2n) is 4.41. The molecule has 0 aliphatic carbocycles. The molecule has 2 N–H and O–H groups in total. The molecule has 0 bridgehead atoms. The number of urea groups is 1. The van der Waals surface area contributed by atoms with Crippen LogP contribution < -0.4 is 15.4 Å². The molecule has 114 valence electrons. The molecule has 0 aliphatic rings. The van der Waals surface area contributed by atoms with Gasteiger partial charge in [0, 0.05) is 6.20 Å². The van der Waals surface area contributed by atoms with E-state index >= 15 is 0 Å². The smallest absolute Gasteiger partial charge is 0.323 e. The van der Waals surface area contributed by atoms with Gasteiger partial charge in [-0.2, -0.15) is 0 Å². The third kappa shape index (κ3) is 4.63. The van der Waals surface area contributed by atoms with Gasteiger partial charge in [-0.05, 0) is 42.8 Å². The maximum atomic E-state index is 12.8. The molecule has 0 saturated heterocycles. The van der Waals surface area contributed by atoms with Crippen molar-refractivity contribution in [3.8, 4) is 5.75 Å². The highest BCUT2D eigenvalue weighted by molar-refractivity contribution is 5.91. The molecule has 0 saturated carbocycles. The van der Waals surface area contributed by atoms with Gasteiger partial charge in [-0.3, -0.25) is 0 Å². The number of carbonyl (C=O) groups is 1. The third-order valence-corrected chi connectivity index (χ3v) is 2.80. The van der Waals surface area contributed by atoms with Crippen LogP contribution in [0, 0.1) is 5.82 Å². The average Bonchev–Trinajstić information content (AvgIpc) is 2.51. The average molecular weight is 300 g/mol. The van der Waals surface area contributed by atoms with Crippen LogP contribution in [-0.4, -0.2) is 12.6 Å². The quantitative estimate of drug-likeness (QED) is 0.876. The minimum atomic E-state index is -0.384. The fourth-order valence-electron chi connectivity index (χ4n) is 1.80. The van der Waals surface area contributed by atoms with Crippen LogP contribution in [0.15, 0.2) is 54.7 Å². The van der Waals surface area contributed by atoms with Gasteiger partial charge in [-0.25, -0.2) is 9.18 Å². The normalized spacial score (nSPS) is 10.5. The van der Waals surface area contributed by atoms with Gasteiger partial charge >= 0.3 is 6.03 Å². The lowest BCUT2D eigenvalue weighted by Gasteiger charge is -2.10. The summed E-state index contributed by atoms with van der Waals surface area (Å²) in [6.07, 6.45) is 3.17. The van der Waals surface area contributed by atoms with Crippen molar-refractivity contribution in [3.05, 3.63) is 66.1 Å². The fraction of sp³-hybridized carbons (Fsp3) is 0.118. The van der Waals surface area contributed by atoms with E-state index in [9.17, 15) is 9.18 Å². The maximum absolute atomic E-state index is 12.8. The van der Waals surface area contributed by atoms with Crippen LogP contribution in [0.2, 0.25) is 0 Å². The first-order valence-corrected chi connectivity index (χ1v) is 6.90. The van der Waals surface area contributed by atoms with Gasteiger partial charge in [0.25, 0.3) is 0 Å². The number of ether oxygens (including phenoxy) is 1. The second-order valence-corrected chi connectivity index (χ2v) is 4.41. The lowest BCUT2D eigenvalue weighted by Crippen LogP contribution is -2.24. The first-order chi connectivity index (χ1) is 10.7. The van der Waals surface area contributed by atoms with Gasteiger partial charge in [0.15, 0.2) is 0 Å². The highest BCUT2D eigenvalue weighted by Crippen LogP contribution is 2.23. The maximum Gasteiger partial charge on any atom is 0.323 e. The third-order valence-electron chi connectivity index (χ3n) is 2.80. The largest absolute Gasteiger partial charge is 0.492 e. The molecule has 0 aromatic heterocycles. The number of anilines is 1. The predicted molar refractivity (Wildman–Crippen MR) is 85.2 cm³/mol. The molecule has 4 nitrogen and oxygen atoms in total. The van der Waals surface area contributed by atoms with Crippen molar-refractivity contribution in [3.63, 3.8) is 0 Å². The van der Waals surface area contributed by atoms with Crippen molar-refractivity contribution < 1.29 is 13.9 Å². The molecule has 0 heterocycles. The Morgan fingerprint density at radius 3 is 2.64 bits per heavy atom. The minimum absolute atomic E-state index is 0.296. The summed E-state index contributed by atoms with van der Waals surface area (Å²) in [5, 5.41) is 5.29. The molecular formula is C17H17FN2O2. The first kappa shape index (κ1) is 15.6. The molecule has 0 atom stereocenters. The van der Waals surface area contributed by atoms with Gasteiger partial charge < -0.3 is 15.4 Å². The molecule has 5 heteroatoms. The Balaban J connectivity index is 1.92. The van der Waals surface area contributed by atoms with Gasteiger partial charge in [0.1, 0.15) is 11.6 Å². The topological polar surface area (TPSA) is 50.4 Å². The summed E-state index contributed by atoms with van der Waals surface area (Å²) in [6, 6.07) is 12.8. The van der Waals surface area contributed by atoms with Crippen LogP contribution in [0.3, 0.4) is 0 Å². The van der Waals surface area contributed by atoms with Crippen molar-refractivity contribution in [1.29, 1.82) is 0 Å². The van der Waals surface area contributed by atoms with E-state index in [1.165, 1.54) is 18.3 Å².